The third kappa shape index (κ3) is 5.23. The van der Waals surface area contributed by atoms with Crippen LogP contribution in [0.4, 0.5) is 17.1 Å². The Morgan fingerprint density at radius 1 is 0.973 bits per heavy atom. The molecule has 0 radical (unpaired) electrons. The Morgan fingerprint density at radius 3 is 2.38 bits per heavy atom. The number of azo groups is 1. The number of hydrogen-bond acceptors (Lipinski definition) is 7. The van der Waals surface area contributed by atoms with Crippen LogP contribution in [0.2, 0.25) is 10.0 Å². The highest BCUT2D eigenvalue weighted by Gasteiger charge is 2.23. The molecular formula is C25H19Cl2N3O6S. The fourth-order valence-corrected chi connectivity index (χ4v) is 5.10. The molecule has 0 unspecified atom stereocenters. The van der Waals surface area contributed by atoms with Gasteiger partial charge in [-0.3, -0.25) is 9.35 Å². The van der Waals surface area contributed by atoms with Gasteiger partial charge < -0.3 is 15.2 Å². The molecule has 9 nitrogen and oxygen atoms in total. The molecule has 1 amide bonds. The average molecular weight is 560 g/mol. The van der Waals surface area contributed by atoms with Gasteiger partial charge in [0.25, 0.3) is 16.0 Å². The molecule has 4 aromatic carbocycles. The zero-order valence-electron chi connectivity index (χ0n) is 19.4. The van der Waals surface area contributed by atoms with Gasteiger partial charge in [0.2, 0.25) is 0 Å². The number of aryl methyl sites for hydroxylation is 1. The Kier molecular flexibility index (Phi) is 7.37. The van der Waals surface area contributed by atoms with Gasteiger partial charge in [0.1, 0.15) is 27.7 Å². The summed E-state index contributed by atoms with van der Waals surface area (Å²) >= 11 is 12.2. The van der Waals surface area contributed by atoms with E-state index in [1.807, 2.05) is 0 Å². The standard InChI is InChI=1S/C25H19Cl2N3O6S/c1-13-10-11-18(27)24(37(33,34)35)20(13)29-30-21-15-7-4-3-6-14(15)12-16(23(21)31)25(32)28-22-17(26)8-5-9-19(22)36-2/h3-12,31H,1-2H3,(H,28,32)(H,33,34,35). The van der Waals surface area contributed by atoms with Crippen LogP contribution < -0.4 is 10.1 Å². The third-order valence-electron chi connectivity index (χ3n) is 5.47. The lowest BCUT2D eigenvalue weighted by Crippen LogP contribution is -2.13. The predicted octanol–water partition coefficient (Wildman–Crippen LogP) is 7.08. The number of phenols is 1. The molecule has 0 aromatic heterocycles. The number of amides is 1. The summed E-state index contributed by atoms with van der Waals surface area (Å²) in [6.45, 7) is 1.55. The number of rotatable bonds is 6. The number of ether oxygens (including phenoxy) is 1. The van der Waals surface area contributed by atoms with Gasteiger partial charge >= 0.3 is 0 Å². The van der Waals surface area contributed by atoms with E-state index in [-0.39, 0.29) is 32.7 Å². The maximum Gasteiger partial charge on any atom is 0.298 e. The number of aromatic hydroxyl groups is 1. The molecule has 0 atom stereocenters. The van der Waals surface area contributed by atoms with Gasteiger partial charge in [-0.05, 0) is 42.1 Å². The third-order valence-corrected chi connectivity index (χ3v) is 7.14. The van der Waals surface area contributed by atoms with Crippen LogP contribution in [0.5, 0.6) is 11.5 Å². The molecule has 0 bridgehead atoms. The van der Waals surface area contributed by atoms with Crippen molar-refractivity contribution in [2.45, 2.75) is 11.8 Å². The van der Waals surface area contributed by atoms with Crippen LogP contribution in [0.15, 0.2) is 75.8 Å². The number of hydrogen-bond donors (Lipinski definition) is 3. The zero-order valence-corrected chi connectivity index (χ0v) is 21.7. The first-order valence-corrected chi connectivity index (χ1v) is 12.8. The van der Waals surface area contributed by atoms with Gasteiger partial charge in [0, 0.05) is 5.39 Å². The summed E-state index contributed by atoms with van der Waals surface area (Å²) in [5, 5.41) is 22.8. The molecule has 0 saturated carbocycles. The first-order valence-electron chi connectivity index (χ1n) is 10.6. The summed E-state index contributed by atoms with van der Waals surface area (Å²) in [7, 11) is -3.32. The monoisotopic (exact) mass is 559 g/mol. The van der Waals surface area contributed by atoms with E-state index in [2.05, 4.69) is 15.5 Å². The van der Waals surface area contributed by atoms with Crippen LogP contribution in [0.3, 0.4) is 0 Å². The molecule has 190 valence electrons. The van der Waals surface area contributed by atoms with Crippen molar-refractivity contribution >= 4 is 67.1 Å². The van der Waals surface area contributed by atoms with Gasteiger partial charge in [-0.15, -0.1) is 10.2 Å². The molecular weight excluding hydrogens is 541 g/mol. The lowest BCUT2D eigenvalue weighted by molar-refractivity contribution is 0.102. The van der Waals surface area contributed by atoms with Crippen molar-refractivity contribution in [1.29, 1.82) is 0 Å². The molecule has 0 fully saturated rings. The van der Waals surface area contributed by atoms with E-state index in [1.54, 1.807) is 49.4 Å². The number of benzene rings is 4. The second kappa shape index (κ2) is 10.3. The lowest BCUT2D eigenvalue weighted by Gasteiger charge is -2.14. The van der Waals surface area contributed by atoms with Crippen molar-refractivity contribution in [1.82, 2.24) is 0 Å². The first kappa shape index (κ1) is 26.4. The second-order valence-corrected chi connectivity index (χ2v) is 10.0. The van der Waals surface area contributed by atoms with Crippen molar-refractivity contribution in [2.24, 2.45) is 10.2 Å². The Balaban J connectivity index is 1.88. The van der Waals surface area contributed by atoms with Crippen LogP contribution in [0.25, 0.3) is 10.8 Å². The summed E-state index contributed by atoms with van der Waals surface area (Å²) in [6, 6.07) is 15.9. The fraction of sp³-hybridized carbons (Fsp3) is 0.0800. The van der Waals surface area contributed by atoms with Gasteiger partial charge in [0.15, 0.2) is 5.75 Å². The van der Waals surface area contributed by atoms with E-state index in [0.717, 1.165) is 0 Å². The van der Waals surface area contributed by atoms with Gasteiger partial charge in [-0.25, -0.2) is 0 Å². The lowest BCUT2D eigenvalue weighted by atomic mass is 10.0. The number of fused-ring (bicyclic) bond motifs is 1. The van der Waals surface area contributed by atoms with Gasteiger partial charge in [-0.1, -0.05) is 59.6 Å². The minimum Gasteiger partial charge on any atom is -0.505 e. The predicted molar refractivity (Wildman–Crippen MR) is 142 cm³/mol. The molecule has 0 aliphatic heterocycles. The van der Waals surface area contributed by atoms with E-state index in [9.17, 15) is 22.9 Å². The average Bonchev–Trinajstić information content (AvgIpc) is 2.85. The molecule has 4 aromatic rings. The highest BCUT2D eigenvalue weighted by Crippen LogP contribution is 2.42. The van der Waals surface area contributed by atoms with Crippen molar-refractivity contribution in [2.75, 3.05) is 12.4 Å². The summed E-state index contributed by atoms with van der Waals surface area (Å²) < 4.78 is 38.9. The number of phenolic OH excluding ortho intramolecular Hbond substituents is 1. The smallest absolute Gasteiger partial charge is 0.298 e. The number of carbonyl (C=O) groups is 1. The van der Waals surface area contributed by atoms with Crippen molar-refractivity contribution in [3.05, 3.63) is 81.8 Å². The second-order valence-electron chi connectivity index (χ2n) is 7.83. The number of carbonyl (C=O) groups excluding carboxylic acids is 1. The molecule has 0 heterocycles. The zero-order chi connectivity index (χ0) is 26.9. The van der Waals surface area contributed by atoms with Crippen LogP contribution in [-0.4, -0.2) is 31.1 Å². The van der Waals surface area contributed by atoms with E-state index in [4.69, 9.17) is 27.9 Å². The van der Waals surface area contributed by atoms with Gasteiger partial charge in [-0.2, -0.15) is 8.42 Å². The minimum absolute atomic E-state index is 0.102. The highest BCUT2D eigenvalue weighted by atomic mass is 35.5. The molecule has 0 aliphatic rings. The Bertz CT molecular complexity index is 1690. The van der Waals surface area contributed by atoms with E-state index in [0.29, 0.717) is 22.1 Å². The first-order chi connectivity index (χ1) is 17.5. The molecule has 0 saturated heterocycles. The molecule has 4 rings (SSSR count). The van der Waals surface area contributed by atoms with Crippen molar-refractivity contribution in [3.8, 4) is 11.5 Å². The van der Waals surface area contributed by atoms with Crippen LogP contribution in [0.1, 0.15) is 15.9 Å². The SMILES string of the molecule is COc1cccc(Cl)c1NC(=O)c1cc2ccccc2c(N=Nc2c(C)ccc(Cl)c2S(=O)(=O)O)c1O. The number of nitrogens with zero attached hydrogens (tertiary/aromatic N) is 2. The maximum absolute atomic E-state index is 13.2. The van der Waals surface area contributed by atoms with Crippen LogP contribution >= 0.6 is 23.2 Å². The molecule has 37 heavy (non-hydrogen) atoms. The number of nitrogens with one attached hydrogen (secondary N) is 1. The summed E-state index contributed by atoms with van der Waals surface area (Å²) in [4.78, 5) is 12.6. The highest BCUT2D eigenvalue weighted by molar-refractivity contribution is 7.86. The molecule has 12 heteroatoms. The Labute approximate surface area is 222 Å². The largest absolute Gasteiger partial charge is 0.505 e. The van der Waals surface area contributed by atoms with Crippen molar-refractivity contribution < 1.29 is 27.6 Å². The fourth-order valence-electron chi connectivity index (χ4n) is 3.68. The maximum atomic E-state index is 13.2. The summed E-state index contributed by atoms with van der Waals surface area (Å²) in [5.74, 6) is -0.905. The van der Waals surface area contributed by atoms with E-state index >= 15 is 0 Å². The van der Waals surface area contributed by atoms with E-state index < -0.39 is 26.7 Å². The Hall–Kier alpha value is -3.70. The number of halogens is 2. The van der Waals surface area contributed by atoms with Crippen LogP contribution in [-0.2, 0) is 10.1 Å². The Morgan fingerprint density at radius 2 is 1.68 bits per heavy atom. The number of methoxy groups -OCH3 is 1. The topological polar surface area (TPSA) is 138 Å². The summed E-state index contributed by atoms with van der Waals surface area (Å²) in [5.41, 5.74) is 0.0978. The molecule has 0 aliphatic carbocycles. The summed E-state index contributed by atoms with van der Waals surface area (Å²) in [6.07, 6.45) is 0. The number of anilines is 1. The van der Waals surface area contributed by atoms with Gasteiger partial charge in [0.05, 0.1) is 22.7 Å². The number of para-hydroxylation sites is 1. The minimum atomic E-state index is -4.75. The molecule has 3 N–H and O–H groups in total. The van der Waals surface area contributed by atoms with Crippen molar-refractivity contribution in [3.63, 3.8) is 0 Å². The quantitative estimate of drug-likeness (QED) is 0.170. The molecule has 0 spiro atoms. The normalized spacial score (nSPS) is 11.7. The van der Waals surface area contributed by atoms with Crippen LogP contribution in [0, 0.1) is 6.92 Å². The van der Waals surface area contributed by atoms with E-state index in [1.165, 1.54) is 25.3 Å².